The normalized spacial score (nSPS) is 11.0. The molecule has 1 heterocycles. The molecule has 4 heteroatoms. The summed E-state index contributed by atoms with van der Waals surface area (Å²) in [6, 6.07) is 7.36. The summed E-state index contributed by atoms with van der Waals surface area (Å²) >= 11 is 0. The van der Waals surface area contributed by atoms with E-state index >= 15 is 0 Å². The monoisotopic (exact) mass is 220 g/mol. The van der Waals surface area contributed by atoms with Crippen LogP contribution in [0.5, 0.6) is 0 Å². The maximum Gasteiger partial charge on any atom is 0.271 e. The van der Waals surface area contributed by atoms with Crippen LogP contribution in [-0.4, -0.2) is 9.78 Å². The number of hydrogen-bond donors (Lipinski definition) is 1. The van der Waals surface area contributed by atoms with Gasteiger partial charge in [-0.25, -0.2) is 9.07 Å². The predicted molar refractivity (Wildman–Crippen MR) is 60.4 cm³/mol. The third-order valence-electron chi connectivity index (χ3n) is 2.45. The number of halogens is 1. The summed E-state index contributed by atoms with van der Waals surface area (Å²) in [7, 11) is 0. The van der Waals surface area contributed by atoms with Crippen LogP contribution >= 0.6 is 0 Å². The largest absolute Gasteiger partial charge is 0.295 e. The maximum absolute atomic E-state index is 12.7. The van der Waals surface area contributed by atoms with Crippen LogP contribution in [0.25, 0.3) is 5.69 Å². The van der Waals surface area contributed by atoms with Crippen LogP contribution in [0.3, 0.4) is 0 Å². The molecule has 0 atom stereocenters. The zero-order valence-corrected chi connectivity index (χ0v) is 9.20. The molecule has 0 aliphatic heterocycles. The number of rotatable bonds is 2. The molecule has 16 heavy (non-hydrogen) atoms. The highest BCUT2D eigenvalue weighted by Crippen LogP contribution is 2.11. The number of H-pyrrole nitrogens is 1. The van der Waals surface area contributed by atoms with Crippen LogP contribution in [-0.2, 0) is 0 Å². The van der Waals surface area contributed by atoms with Gasteiger partial charge in [-0.1, -0.05) is 13.8 Å². The zero-order valence-electron chi connectivity index (χ0n) is 9.20. The number of benzene rings is 1. The van der Waals surface area contributed by atoms with Crippen molar-refractivity contribution in [1.29, 1.82) is 0 Å². The molecule has 0 fully saturated rings. The summed E-state index contributed by atoms with van der Waals surface area (Å²) in [6.45, 7) is 4.00. The number of hydrogen-bond acceptors (Lipinski definition) is 1. The number of nitrogens with one attached hydrogen (secondary N) is 1. The molecule has 0 saturated heterocycles. The molecule has 1 N–H and O–H groups in total. The lowest BCUT2D eigenvalue weighted by molar-refractivity contribution is 0.626. The van der Waals surface area contributed by atoms with E-state index in [1.165, 1.54) is 16.8 Å². The molecule has 1 aromatic carbocycles. The van der Waals surface area contributed by atoms with Gasteiger partial charge < -0.3 is 0 Å². The first-order valence-electron chi connectivity index (χ1n) is 5.16. The maximum atomic E-state index is 12.7. The second-order valence-electron chi connectivity index (χ2n) is 4.02. The van der Waals surface area contributed by atoms with Gasteiger partial charge in [0.1, 0.15) is 5.82 Å². The highest BCUT2D eigenvalue weighted by atomic mass is 19.1. The van der Waals surface area contributed by atoms with E-state index in [2.05, 4.69) is 5.10 Å². The van der Waals surface area contributed by atoms with E-state index in [1.807, 2.05) is 13.8 Å². The average Bonchev–Trinajstić information content (AvgIpc) is 2.62. The van der Waals surface area contributed by atoms with E-state index in [-0.39, 0.29) is 17.3 Å². The fourth-order valence-corrected chi connectivity index (χ4v) is 1.49. The fraction of sp³-hybridized carbons (Fsp3) is 0.250. The van der Waals surface area contributed by atoms with E-state index in [0.29, 0.717) is 5.69 Å². The van der Waals surface area contributed by atoms with Crippen molar-refractivity contribution < 1.29 is 4.39 Å². The third-order valence-corrected chi connectivity index (χ3v) is 2.45. The Morgan fingerprint density at radius 1 is 1.25 bits per heavy atom. The van der Waals surface area contributed by atoms with Crippen molar-refractivity contribution >= 4 is 0 Å². The van der Waals surface area contributed by atoms with Gasteiger partial charge in [0, 0.05) is 11.8 Å². The standard InChI is InChI=1S/C12H13FN2O/c1-8(2)11-7-12(16)15(14-11)10-5-3-9(13)4-6-10/h3-8,14H,1-2H3. The Bertz CT molecular complexity index is 537. The van der Waals surface area contributed by atoms with Gasteiger partial charge in [0.15, 0.2) is 0 Å². The van der Waals surface area contributed by atoms with Gasteiger partial charge in [-0.15, -0.1) is 0 Å². The Hall–Kier alpha value is -1.84. The van der Waals surface area contributed by atoms with Crippen LogP contribution in [0.2, 0.25) is 0 Å². The number of nitrogens with zero attached hydrogens (tertiary/aromatic N) is 1. The van der Waals surface area contributed by atoms with Crippen LogP contribution in [0.1, 0.15) is 25.5 Å². The van der Waals surface area contributed by atoms with Crippen molar-refractivity contribution in [2.75, 3.05) is 0 Å². The van der Waals surface area contributed by atoms with Crippen molar-refractivity contribution in [3.63, 3.8) is 0 Å². The Morgan fingerprint density at radius 2 is 1.88 bits per heavy atom. The van der Waals surface area contributed by atoms with Gasteiger partial charge in [-0.3, -0.25) is 9.89 Å². The van der Waals surface area contributed by atoms with E-state index in [0.717, 1.165) is 5.69 Å². The van der Waals surface area contributed by atoms with Gasteiger partial charge in [-0.05, 0) is 30.2 Å². The molecule has 0 radical (unpaired) electrons. The Labute approximate surface area is 92.5 Å². The summed E-state index contributed by atoms with van der Waals surface area (Å²) in [5, 5.41) is 3.00. The first kappa shape index (κ1) is 10.7. The topological polar surface area (TPSA) is 37.8 Å². The predicted octanol–water partition coefficient (Wildman–Crippen LogP) is 2.43. The van der Waals surface area contributed by atoms with Crippen molar-refractivity contribution in [3.05, 3.63) is 52.2 Å². The quantitative estimate of drug-likeness (QED) is 0.829. The SMILES string of the molecule is CC(C)c1cc(=O)n(-c2ccc(F)cc2)[nH]1. The molecule has 0 spiro atoms. The molecule has 0 aliphatic rings. The molecule has 2 aromatic rings. The molecule has 0 saturated carbocycles. The smallest absolute Gasteiger partial charge is 0.271 e. The van der Waals surface area contributed by atoms with E-state index < -0.39 is 0 Å². The lowest BCUT2D eigenvalue weighted by Gasteiger charge is -2.03. The molecule has 84 valence electrons. The van der Waals surface area contributed by atoms with E-state index in [1.54, 1.807) is 18.2 Å². The van der Waals surface area contributed by atoms with Crippen molar-refractivity contribution in [3.8, 4) is 5.69 Å². The summed E-state index contributed by atoms with van der Waals surface area (Å²) in [6.07, 6.45) is 0. The Kier molecular flexibility index (Phi) is 2.64. The lowest BCUT2D eigenvalue weighted by Crippen LogP contribution is -2.13. The van der Waals surface area contributed by atoms with Crippen LogP contribution in [0.4, 0.5) is 4.39 Å². The molecule has 0 amide bonds. The van der Waals surface area contributed by atoms with Crippen LogP contribution < -0.4 is 5.56 Å². The third kappa shape index (κ3) is 1.91. The van der Waals surface area contributed by atoms with Gasteiger partial charge >= 0.3 is 0 Å². The van der Waals surface area contributed by atoms with Crippen molar-refractivity contribution in [2.45, 2.75) is 19.8 Å². The minimum absolute atomic E-state index is 0.129. The van der Waals surface area contributed by atoms with Gasteiger partial charge in [-0.2, -0.15) is 0 Å². The van der Waals surface area contributed by atoms with Crippen molar-refractivity contribution in [2.24, 2.45) is 0 Å². The first-order chi connectivity index (χ1) is 7.58. The second-order valence-corrected chi connectivity index (χ2v) is 4.02. The minimum Gasteiger partial charge on any atom is -0.295 e. The van der Waals surface area contributed by atoms with Crippen LogP contribution in [0, 0.1) is 5.82 Å². The number of aromatic nitrogens is 2. The highest BCUT2D eigenvalue weighted by Gasteiger charge is 2.07. The molecule has 0 unspecified atom stereocenters. The molecule has 1 aromatic heterocycles. The molecule has 3 nitrogen and oxygen atoms in total. The second kappa shape index (κ2) is 3.96. The molecular formula is C12H13FN2O. The molecule has 2 rings (SSSR count). The van der Waals surface area contributed by atoms with Gasteiger partial charge in [0.25, 0.3) is 5.56 Å². The molecular weight excluding hydrogens is 207 g/mol. The average molecular weight is 220 g/mol. The van der Waals surface area contributed by atoms with Crippen LogP contribution in [0.15, 0.2) is 35.1 Å². The Balaban J connectivity index is 2.48. The fourth-order valence-electron chi connectivity index (χ4n) is 1.49. The lowest BCUT2D eigenvalue weighted by atomic mass is 10.1. The molecule has 0 aliphatic carbocycles. The zero-order chi connectivity index (χ0) is 11.7. The summed E-state index contributed by atoms with van der Waals surface area (Å²) in [5.41, 5.74) is 1.38. The van der Waals surface area contributed by atoms with E-state index in [9.17, 15) is 9.18 Å². The van der Waals surface area contributed by atoms with Crippen molar-refractivity contribution in [1.82, 2.24) is 9.78 Å². The van der Waals surface area contributed by atoms with E-state index in [4.69, 9.17) is 0 Å². The minimum atomic E-state index is -0.313. The highest BCUT2D eigenvalue weighted by molar-refractivity contribution is 5.31. The summed E-state index contributed by atoms with van der Waals surface area (Å²) < 4.78 is 14.2. The number of aromatic amines is 1. The molecule has 0 bridgehead atoms. The van der Waals surface area contributed by atoms with Gasteiger partial charge in [0.2, 0.25) is 0 Å². The van der Waals surface area contributed by atoms with Gasteiger partial charge in [0.05, 0.1) is 5.69 Å². The summed E-state index contributed by atoms with van der Waals surface area (Å²) in [5.74, 6) is -0.0539. The summed E-state index contributed by atoms with van der Waals surface area (Å²) in [4.78, 5) is 11.7. The Morgan fingerprint density at radius 3 is 2.38 bits per heavy atom. The first-order valence-corrected chi connectivity index (χ1v) is 5.16.